The molecular formula is C15H17BrFN3O. The Morgan fingerprint density at radius 1 is 1.29 bits per heavy atom. The van der Waals surface area contributed by atoms with Crippen molar-refractivity contribution >= 4 is 15.9 Å². The van der Waals surface area contributed by atoms with E-state index in [0.29, 0.717) is 18.7 Å². The monoisotopic (exact) mass is 353 g/mol. The molecule has 1 aromatic carbocycles. The third kappa shape index (κ3) is 4.77. The van der Waals surface area contributed by atoms with E-state index >= 15 is 0 Å². The Hall–Kier alpha value is -1.50. The van der Waals surface area contributed by atoms with Gasteiger partial charge in [0, 0.05) is 22.8 Å². The summed E-state index contributed by atoms with van der Waals surface area (Å²) in [5.74, 6) is 5.91. The van der Waals surface area contributed by atoms with Crippen molar-refractivity contribution in [2.45, 2.75) is 18.9 Å². The first-order valence-corrected chi connectivity index (χ1v) is 7.30. The summed E-state index contributed by atoms with van der Waals surface area (Å²) in [6.07, 6.45) is 3.07. The number of pyridine rings is 1. The zero-order chi connectivity index (χ0) is 15.2. The van der Waals surface area contributed by atoms with Crippen LogP contribution in [0.4, 0.5) is 4.39 Å². The summed E-state index contributed by atoms with van der Waals surface area (Å²) in [5, 5.41) is 0. The zero-order valence-electron chi connectivity index (χ0n) is 11.6. The normalized spacial score (nSPS) is 12.2. The van der Waals surface area contributed by atoms with Crippen molar-refractivity contribution in [3.05, 3.63) is 57.9 Å². The van der Waals surface area contributed by atoms with E-state index in [4.69, 9.17) is 10.6 Å². The molecule has 0 aliphatic rings. The molecule has 0 bridgehead atoms. The topological polar surface area (TPSA) is 60.2 Å². The highest BCUT2D eigenvalue weighted by molar-refractivity contribution is 9.10. The van der Waals surface area contributed by atoms with Crippen LogP contribution in [0.2, 0.25) is 0 Å². The number of hydrogen-bond acceptors (Lipinski definition) is 4. The fourth-order valence-corrected chi connectivity index (χ4v) is 2.65. The Labute approximate surface area is 131 Å². The van der Waals surface area contributed by atoms with Gasteiger partial charge < -0.3 is 4.74 Å². The lowest BCUT2D eigenvalue weighted by molar-refractivity contribution is 0.397. The molecule has 0 radical (unpaired) electrons. The number of methoxy groups -OCH3 is 1. The van der Waals surface area contributed by atoms with E-state index in [1.54, 1.807) is 13.3 Å². The number of ether oxygens (including phenoxy) is 1. The largest absolute Gasteiger partial charge is 0.481 e. The van der Waals surface area contributed by atoms with E-state index in [9.17, 15) is 4.39 Å². The third-order valence-electron chi connectivity index (χ3n) is 3.13. The maximum Gasteiger partial charge on any atom is 0.212 e. The van der Waals surface area contributed by atoms with Crippen molar-refractivity contribution in [1.29, 1.82) is 0 Å². The highest BCUT2D eigenvalue weighted by Gasteiger charge is 2.11. The Balaban J connectivity index is 2.05. The van der Waals surface area contributed by atoms with Crippen molar-refractivity contribution < 1.29 is 9.13 Å². The SMILES string of the molecule is COc1ccc(CC(Cc2cc(F)cc(Br)c2)NN)cn1. The molecule has 1 aromatic heterocycles. The van der Waals surface area contributed by atoms with E-state index in [1.807, 2.05) is 18.2 Å². The molecule has 0 spiro atoms. The second-order valence-corrected chi connectivity index (χ2v) is 5.67. The van der Waals surface area contributed by atoms with E-state index in [-0.39, 0.29) is 11.9 Å². The fourth-order valence-electron chi connectivity index (χ4n) is 2.14. The summed E-state index contributed by atoms with van der Waals surface area (Å²) >= 11 is 3.29. The molecule has 3 N–H and O–H groups in total. The first-order chi connectivity index (χ1) is 10.1. The standard InChI is InChI=1S/C15H17BrFN3O/c1-21-15-3-2-10(9-19-15)6-14(20-18)7-11-4-12(16)8-13(17)5-11/h2-5,8-9,14,20H,6-7,18H2,1H3. The van der Waals surface area contributed by atoms with Gasteiger partial charge in [-0.2, -0.15) is 0 Å². The lowest BCUT2D eigenvalue weighted by Gasteiger charge is -2.16. The van der Waals surface area contributed by atoms with Crippen LogP contribution < -0.4 is 16.0 Å². The maximum absolute atomic E-state index is 13.4. The van der Waals surface area contributed by atoms with Gasteiger partial charge in [-0.3, -0.25) is 11.3 Å². The number of halogens is 2. The highest BCUT2D eigenvalue weighted by Crippen LogP contribution is 2.17. The summed E-state index contributed by atoms with van der Waals surface area (Å²) in [4.78, 5) is 4.16. The molecule has 0 saturated carbocycles. The van der Waals surface area contributed by atoms with Crippen molar-refractivity contribution in [2.75, 3.05) is 7.11 Å². The molecule has 0 aliphatic carbocycles. The number of nitrogens with zero attached hydrogens (tertiary/aromatic N) is 1. The first kappa shape index (κ1) is 15.9. The van der Waals surface area contributed by atoms with Gasteiger partial charge in [0.05, 0.1) is 7.11 Å². The van der Waals surface area contributed by atoms with Gasteiger partial charge in [0.25, 0.3) is 0 Å². The number of hydrazine groups is 1. The van der Waals surface area contributed by atoms with Gasteiger partial charge >= 0.3 is 0 Å². The number of hydrogen-bond donors (Lipinski definition) is 2. The van der Waals surface area contributed by atoms with E-state index in [1.165, 1.54) is 12.1 Å². The summed E-state index contributed by atoms with van der Waals surface area (Å²) in [6, 6.07) is 8.58. The molecule has 0 fully saturated rings. The van der Waals surface area contributed by atoms with Gasteiger partial charge in [0.2, 0.25) is 5.88 Å². The average molecular weight is 354 g/mol. The van der Waals surface area contributed by atoms with Crippen LogP contribution in [0.1, 0.15) is 11.1 Å². The number of aromatic nitrogens is 1. The smallest absolute Gasteiger partial charge is 0.212 e. The molecule has 4 nitrogen and oxygen atoms in total. The zero-order valence-corrected chi connectivity index (χ0v) is 13.2. The van der Waals surface area contributed by atoms with Crippen molar-refractivity contribution in [2.24, 2.45) is 5.84 Å². The quantitative estimate of drug-likeness (QED) is 0.619. The Bertz CT molecular complexity index is 572. The van der Waals surface area contributed by atoms with Gasteiger partial charge in [-0.05, 0) is 42.2 Å². The van der Waals surface area contributed by atoms with Crippen LogP contribution in [0.25, 0.3) is 0 Å². The van der Waals surface area contributed by atoms with Gasteiger partial charge in [-0.25, -0.2) is 9.37 Å². The van der Waals surface area contributed by atoms with Gasteiger partial charge in [0.15, 0.2) is 0 Å². The molecule has 0 amide bonds. The molecule has 2 rings (SSSR count). The number of nitrogens with one attached hydrogen (secondary N) is 1. The second kappa shape index (κ2) is 7.49. The summed E-state index contributed by atoms with van der Waals surface area (Å²) in [6.45, 7) is 0. The molecule has 112 valence electrons. The lowest BCUT2D eigenvalue weighted by Crippen LogP contribution is -2.38. The van der Waals surface area contributed by atoms with E-state index in [2.05, 4.69) is 26.3 Å². The minimum absolute atomic E-state index is 0.00565. The summed E-state index contributed by atoms with van der Waals surface area (Å²) < 4.78 is 19.1. The fraction of sp³-hybridized carbons (Fsp3) is 0.267. The van der Waals surface area contributed by atoms with E-state index in [0.717, 1.165) is 15.6 Å². The van der Waals surface area contributed by atoms with Crippen LogP contribution in [0.5, 0.6) is 5.88 Å². The second-order valence-electron chi connectivity index (χ2n) is 4.76. The predicted molar refractivity (Wildman–Crippen MR) is 83.4 cm³/mol. The van der Waals surface area contributed by atoms with E-state index < -0.39 is 0 Å². The molecule has 0 saturated heterocycles. The Morgan fingerprint density at radius 2 is 2.05 bits per heavy atom. The van der Waals surface area contributed by atoms with Crippen LogP contribution in [0.15, 0.2) is 41.0 Å². The number of nitrogens with two attached hydrogens (primary N) is 1. The Morgan fingerprint density at radius 3 is 2.62 bits per heavy atom. The van der Waals surface area contributed by atoms with Gasteiger partial charge in [0.1, 0.15) is 5.82 Å². The molecule has 2 aromatic rings. The van der Waals surface area contributed by atoms with Crippen LogP contribution in [-0.4, -0.2) is 18.1 Å². The number of rotatable bonds is 6. The highest BCUT2D eigenvalue weighted by atomic mass is 79.9. The molecule has 1 unspecified atom stereocenters. The predicted octanol–water partition coefficient (Wildman–Crippen LogP) is 2.61. The molecule has 0 aliphatic heterocycles. The minimum atomic E-state index is -0.263. The summed E-state index contributed by atoms with van der Waals surface area (Å²) in [5.41, 5.74) is 4.69. The van der Waals surface area contributed by atoms with Crippen molar-refractivity contribution in [3.63, 3.8) is 0 Å². The van der Waals surface area contributed by atoms with Crippen LogP contribution in [0, 0.1) is 5.82 Å². The minimum Gasteiger partial charge on any atom is -0.481 e. The summed E-state index contributed by atoms with van der Waals surface area (Å²) in [7, 11) is 1.58. The van der Waals surface area contributed by atoms with Crippen molar-refractivity contribution in [1.82, 2.24) is 10.4 Å². The molecule has 6 heteroatoms. The Kier molecular flexibility index (Phi) is 5.67. The average Bonchev–Trinajstić information content (AvgIpc) is 2.46. The first-order valence-electron chi connectivity index (χ1n) is 6.50. The third-order valence-corrected chi connectivity index (χ3v) is 3.59. The number of benzene rings is 1. The molecule has 21 heavy (non-hydrogen) atoms. The maximum atomic E-state index is 13.4. The van der Waals surface area contributed by atoms with Crippen molar-refractivity contribution in [3.8, 4) is 5.88 Å². The molecule has 1 atom stereocenters. The lowest BCUT2D eigenvalue weighted by atomic mass is 10.0. The van der Waals surface area contributed by atoms with Gasteiger partial charge in [-0.1, -0.05) is 22.0 Å². The van der Waals surface area contributed by atoms with Gasteiger partial charge in [-0.15, -0.1) is 0 Å². The molecular weight excluding hydrogens is 337 g/mol. The molecule has 1 heterocycles. The van der Waals surface area contributed by atoms with Crippen LogP contribution >= 0.6 is 15.9 Å². The van der Waals surface area contributed by atoms with Crippen LogP contribution in [0.3, 0.4) is 0 Å². The van der Waals surface area contributed by atoms with Crippen LogP contribution in [-0.2, 0) is 12.8 Å².